The predicted molar refractivity (Wildman–Crippen MR) is 96.3 cm³/mol. The number of para-hydroxylation sites is 1. The van der Waals surface area contributed by atoms with E-state index >= 15 is 0 Å². The van der Waals surface area contributed by atoms with E-state index in [4.69, 9.17) is 0 Å². The summed E-state index contributed by atoms with van der Waals surface area (Å²) in [6, 6.07) is 15.2. The van der Waals surface area contributed by atoms with Crippen molar-refractivity contribution in [3.05, 3.63) is 53.6 Å². The highest BCUT2D eigenvalue weighted by molar-refractivity contribution is 7.99. The van der Waals surface area contributed by atoms with Gasteiger partial charge in [0.05, 0.1) is 5.69 Å². The first-order chi connectivity index (χ1) is 11.2. The fraction of sp³-hybridized carbons (Fsp3) is 0.316. The standard InChI is InChI=1S/C19H22N2OS/c1-15-7-8-18(16(2)13-15)23-19-6-4-3-5-17(19)21-11-9-20(14-22)10-12-21/h3-8,13-14H,9-12H2,1-2H3. The number of amides is 1. The summed E-state index contributed by atoms with van der Waals surface area (Å²) in [7, 11) is 0. The second-order valence-corrected chi connectivity index (χ2v) is 7.05. The minimum atomic E-state index is 0.798. The molecule has 0 radical (unpaired) electrons. The van der Waals surface area contributed by atoms with Crippen molar-refractivity contribution in [2.75, 3.05) is 31.1 Å². The molecule has 1 heterocycles. The van der Waals surface area contributed by atoms with Crippen LogP contribution in [0.25, 0.3) is 0 Å². The molecule has 0 saturated carbocycles. The Hall–Kier alpha value is -1.94. The average molecular weight is 326 g/mol. The number of carbonyl (C=O) groups is 1. The molecular formula is C19H22N2OS. The maximum absolute atomic E-state index is 10.9. The smallest absolute Gasteiger partial charge is 0.209 e. The van der Waals surface area contributed by atoms with Crippen LogP contribution in [-0.4, -0.2) is 37.5 Å². The Labute approximate surface area is 142 Å². The lowest BCUT2D eigenvalue weighted by Gasteiger charge is -2.35. The normalized spacial score (nSPS) is 14.9. The van der Waals surface area contributed by atoms with E-state index in [1.165, 1.54) is 26.6 Å². The van der Waals surface area contributed by atoms with Gasteiger partial charge in [0, 0.05) is 36.0 Å². The van der Waals surface area contributed by atoms with Crippen molar-refractivity contribution in [2.24, 2.45) is 0 Å². The molecule has 3 rings (SSSR count). The molecule has 1 fully saturated rings. The summed E-state index contributed by atoms with van der Waals surface area (Å²) in [6.45, 7) is 7.67. The Bertz CT molecular complexity index is 694. The SMILES string of the molecule is Cc1ccc(Sc2ccccc2N2CCN(C=O)CC2)c(C)c1. The van der Waals surface area contributed by atoms with Crippen LogP contribution < -0.4 is 4.90 Å². The molecule has 0 N–H and O–H groups in total. The number of aryl methyl sites for hydroxylation is 2. The molecule has 0 bridgehead atoms. The van der Waals surface area contributed by atoms with Gasteiger partial charge in [-0.1, -0.05) is 41.6 Å². The minimum Gasteiger partial charge on any atom is -0.367 e. The van der Waals surface area contributed by atoms with Crippen molar-refractivity contribution in [1.29, 1.82) is 0 Å². The zero-order chi connectivity index (χ0) is 16.2. The van der Waals surface area contributed by atoms with Gasteiger partial charge in [0.15, 0.2) is 0 Å². The molecule has 0 aromatic heterocycles. The summed E-state index contributed by atoms with van der Waals surface area (Å²) < 4.78 is 0. The first kappa shape index (κ1) is 15.9. The van der Waals surface area contributed by atoms with Gasteiger partial charge in [0.25, 0.3) is 0 Å². The summed E-state index contributed by atoms with van der Waals surface area (Å²) in [5.41, 5.74) is 3.88. The highest BCUT2D eigenvalue weighted by Gasteiger charge is 2.18. The van der Waals surface area contributed by atoms with E-state index in [1.54, 1.807) is 0 Å². The van der Waals surface area contributed by atoms with Gasteiger partial charge in [-0.3, -0.25) is 4.79 Å². The molecule has 1 amide bonds. The van der Waals surface area contributed by atoms with Crippen LogP contribution in [0.2, 0.25) is 0 Å². The van der Waals surface area contributed by atoms with Gasteiger partial charge in [0.1, 0.15) is 0 Å². The van der Waals surface area contributed by atoms with E-state index in [9.17, 15) is 4.79 Å². The van der Waals surface area contributed by atoms with Gasteiger partial charge in [-0.2, -0.15) is 0 Å². The third-order valence-electron chi connectivity index (χ3n) is 4.22. The monoisotopic (exact) mass is 326 g/mol. The number of anilines is 1. The summed E-state index contributed by atoms with van der Waals surface area (Å²) in [4.78, 5) is 17.7. The Kier molecular flexibility index (Phi) is 4.91. The van der Waals surface area contributed by atoms with Crippen LogP contribution in [0.1, 0.15) is 11.1 Å². The molecule has 0 aliphatic carbocycles. The summed E-state index contributed by atoms with van der Waals surface area (Å²) in [5.74, 6) is 0. The minimum absolute atomic E-state index is 0.798. The first-order valence-electron chi connectivity index (χ1n) is 7.96. The summed E-state index contributed by atoms with van der Waals surface area (Å²) in [6.07, 6.45) is 0.952. The Morgan fingerprint density at radius 2 is 1.70 bits per heavy atom. The quantitative estimate of drug-likeness (QED) is 0.800. The van der Waals surface area contributed by atoms with Crippen molar-refractivity contribution in [3.63, 3.8) is 0 Å². The van der Waals surface area contributed by atoms with Crippen LogP contribution >= 0.6 is 11.8 Å². The Morgan fingerprint density at radius 1 is 0.957 bits per heavy atom. The molecule has 2 aromatic carbocycles. The van der Waals surface area contributed by atoms with Gasteiger partial charge in [-0.15, -0.1) is 0 Å². The fourth-order valence-electron chi connectivity index (χ4n) is 2.91. The van der Waals surface area contributed by atoms with Gasteiger partial charge in [-0.25, -0.2) is 0 Å². The van der Waals surface area contributed by atoms with E-state index in [-0.39, 0.29) is 0 Å². The summed E-state index contributed by atoms with van der Waals surface area (Å²) in [5, 5.41) is 0. The average Bonchev–Trinajstić information content (AvgIpc) is 2.58. The van der Waals surface area contributed by atoms with Crippen LogP contribution in [0.5, 0.6) is 0 Å². The third-order valence-corrected chi connectivity index (χ3v) is 5.46. The first-order valence-corrected chi connectivity index (χ1v) is 8.77. The lowest BCUT2D eigenvalue weighted by Crippen LogP contribution is -2.45. The number of carbonyl (C=O) groups excluding carboxylic acids is 1. The topological polar surface area (TPSA) is 23.6 Å². The maximum atomic E-state index is 10.9. The maximum Gasteiger partial charge on any atom is 0.209 e. The lowest BCUT2D eigenvalue weighted by molar-refractivity contribution is -0.118. The zero-order valence-corrected chi connectivity index (χ0v) is 14.5. The van der Waals surface area contributed by atoms with E-state index < -0.39 is 0 Å². The van der Waals surface area contributed by atoms with Crippen LogP contribution in [0.15, 0.2) is 52.3 Å². The molecule has 120 valence electrons. The highest BCUT2D eigenvalue weighted by atomic mass is 32.2. The molecule has 1 saturated heterocycles. The van der Waals surface area contributed by atoms with Crippen molar-refractivity contribution >= 4 is 23.9 Å². The number of hydrogen-bond donors (Lipinski definition) is 0. The van der Waals surface area contributed by atoms with E-state index in [2.05, 4.69) is 61.2 Å². The number of rotatable bonds is 4. The number of piperazine rings is 1. The molecule has 0 atom stereocenters. The van der Waals surface area contributed by atoms with Crippen LogP contribution in [0.3, 0.4) is 0 Å². The fourth-order valence-corrected chi connectivity index (χ4v) is 3.95. The lowest BCUT2D eigenvalue weighted by atomic mass is 10.2. The van der Waals surface area contributed by atoms with Crippen molar-refractivity contribution < 1.29 is 4.79 Å². The van der Waals surface area contributed by atoms with E-state index in [0.29, 0.717) is 0 Å². The Balaban J connectivity index is 1.82. The molecule has 2 aromatic rings. The van der Waals surface area contributed by atoms with E-state index in [0.717, 1.165) is 32.6 Å². The highest BCUT2D eigenvalue weighted by Crippen LogP contribution is 2.37. The number of hydrogen-bond acceptors (Lipinski definition) is 3. The molecule has 3 nitrogen and oxygen atoms in total. The number of benzene rings is 2. The molecule has 1 aliphatic heterocycles. The number of nitrogens with zero attached hydrogens (tertiary/aromatic N) is 2. The van der Waals surface area contributed by atoms with Crippen LogP contribution in [-0.2, 0) is 4.79 Å². The Morgan fingerprint density at radius 3 is 2.39 bits per heavy atom. The second-order valence-electron chi connectivity index (χ2n) is 5.97. The van der Waals surface area contributed by atoms with Crippen molar-refractivity contribution in [3.8, 4) is 0 Å². The molecule has 1 aliphatic rings. The van der Waals surface area contributed by atoms with Crippen molar-refractivity contribution in [1.82, 2.24) is 4.90 Å². The largest absolute Gasteiger partial charge is 0.367 e. The predicted octanol–water partition coefficient (Wildman–Crippen LogP) is 3.73. The molecule has 0 spiro atoms. The summed E-state index contributed by atoms with van der Waals surface area (Å²) >= 11 is 1.82. The molecule has 0 unspecified atom stereocenters. The van der Waals surface area contributed by atoms with Crippen molar-refractivity contribution in [2.45, 2.75) is 23.6 Å². The van der Waals surface area contributed by atoms with Gasteiger partial charge in [-0.05, 0) is 37.6 Å². The van der Waals surface area contributed by atoms with E-state index in [1.807, 2.05) is 16.7 Å². The third kappa shape index (κ3) is 3.70. The molecule has 4 heteroatoms. The molecule has 23 heavy (non-hydrogen) atoms. The van der Waals surface area contributed by atoms with Crippen LogP contribution in [0, 0.1) is 13.8 Å². The van der Waals surface area contributed by atoms with Gasteiger partial charge >= 0.3 is 0 Å². The van der Waals surface area contributed by atoms with Crippen LogP contribution in [0.4, 0.5) is 5.69 Å². The molecular weight excluding hydrogens is 304 g/mol. The van der Waals surface area contributed by atoms with Gasteiger partial charge < -0.3 is 9.80 Å². The second kappa shape index (κ2) is 7.09. The zero-order valence-electron chi connectivity index (χ0n) is 13.7. The van der Waals surface area contributed by atoms with Gasteiger partial charge in [0.2, 0.25) is 6.41 Å².